The van der Waals surface area contributed by atoms with Crippen molar-refractivity contribution in [3.8, 4) is 5.75 Å². The second-order valence-corrected chi connectivity index (χ2v) is 10.6. The molecule has 0 bridgehead atoms. The fraction of sp³-hybridized carbons (Fsp3) is 0.545. The number of hydrogen-bond acceptors (Lipinski definition) is 11. The number of benzene rings is 1. The molecule has 1 amide bonds. The number of nitrogens with zero attached hydrogens (tertiary/aromatic N) is 1. The van der Waals surface area contributed by atoms with Gasteiger partial charge in [0.05, 0.1) is 12.7 Å². The molecule has 5 N–H and O–H groups in total. The Bertz CT molecular complexity index is 1010. The quantitative estimate of drug-likeness (QED) is 0.206. The molecule has 2 heterocycles. The first-order chi connectivity index (χ1) is 16.8. The molecule has 3 rings (SSSR count). The van der Waals surface area contributed by atoms with Crippen molar-refractivity contribution in [2.24, 2.45) is 0 Å². The van der Waals surface area contributed by atoms with Gasteiger partial charge in [-0.05, 0) is 39.8 Å². The van der Waals surface area contributed by atoms with Crippen LogP contribution in [0.25, 0.3) is 0 Å². The van der Waals surface area contributed by atoms with E-state index in [1.165, 1.54) is 32.2 Å². The summed E-state index contributed by atoms with van der Waals surface area (Å²) in [6.07, 6.45) is -3.66. The molecule has 1 aromatic carbocycles. The number of carbonyl (C=O) groups is 2. The lowest BCUT2D eigenvalue weighted by atomic mass is 9.96. The van der Waals surface area contributed by atoms with E-state index in [-0.39, 0.29) is 5.75 Å². The summed E-state index contributed by atoms with van der Waals surface area (Å²) >= 11 is 0. The molecule has 2 aliphatic heterocycles. The van der Waals surface area contributed by atoms with E-state index in [1.54, 1.807) is 32.0 Å². The molecule has 0 radical (unpaired) electrons. The molecule has 200 valence electrons. The van der Waals surface area contributed by atoms with Gasteiger partial charge >= 0.3 is 13.7 Å². The van der Waals surface area contributed by atoms with Crippen LogP contribution in [0.1, 0.15) is 27.7 Å². The second kappa shape index (κ2) is 11.3. The minimum atomic E-state index is -4.25. The minimum Gasteiger partial charge on any atom is -0.462 e. The Morgan fingerprint density at radius 1 is 1.28 bits per heavy atom. The van der Waals surface area contributed by atoms with Crippen LogP contribution in [0.3, 0.4) is 0 Å². The maximum absolute atomic E-state index is 13.6. The zero-order chi connectivity index (χ0) is 26.7. The predicted octanol–water partition coefficient (Wildman–Crippen LogP) is 0.178. The van der Waals surface area contributed by atoms with E-state index in [4.69, 9.17) is 18.5 Å². The lowest BCUT2D eigenvalue weighted by Gasteiger charge is -2.39. The molecule has 14 heteroatoms. The molecule has 0 aliphatic carbocycles. The molecule has 1 saturated heterocycles. The van der Waals surface area contributed by atoms with Crippen molar-refractivity contribution in [3.05, 3.63) is 42.6 Å². The number of ether oxygens (including phenoxy) is 2. The topological polar surface area (TPSA) is 176 Å². The van der Waals surface area contributed by atoms with Crippen LogP contribution in [-0.2, 0) is 28.2 Å². The van der Waals surface area contributed by atoms with Crippen molar-refractivity contribution >= 4 is 19.6 Å². The van der Waals surface area contributed by atoms with E-state index in [2.05, 4.69) is 10.4 Å². The van der Waals surface area contributed by atoms with Crippen LogP contribution < -0.4 is 14.9 Å². The van der Waals surface area contributed by atoms with Crippen LogP contribution in [0.15, 0.2) is 42.6 Å². The maximum Gasteiger partial charge on any atom is 0.459 e. The zero-order valence-electron chi connectivity index (χ0n) is 20.3. The third kappa shape index (κ3) is 6.62. The summed E-state index contributed by atoms with van der Waals surface area (Å²) in [5.74, 6) is -1.04. The van der Waals surface area contributed by atoms with Gasteiger partial charge in [-0.25, -0.2) is 4.57 Å². The number of carbonyl (C=O) groups excluding carboxylic acids is 2. The Hall–Kier alpha value is -2.51. The number of aliphatic hydroxyl groups is 3. The van der Waals surface area contributed by atoms with E-state index in [9.17, 15) is 29.5 Å². The van der Waals surface area contributed by atoms with E-state index in [0.29, 0.717) is 0 Å². The first-order valence-electron chi connectivity index (χ1n) is 11.3. The van der Waals surface area contributed by atoms with E-state index >= 15 is 0 Å². The highest BCUT2D eigenvalue weighted by Gasteiger charge is 2.56. The molecule has 0 saturated carbocycles. The van der Waals surface area contributed by atoms with Crippen molar-refractivity contribution in [1.29, 1.82) is 0 Å². The van der Waals surface area contributed by atoms with E-state index < -0.39 is 68.8 Å². The number of nitrogens with one attached hydrogen (secondary N) is 2. The van der Waals surface area contributed by atoms with E-state index in [0.717, 1.165) is 11.0 Å². The lowest BCUT2D eigenvalue weighted by Crippen LogP contribution is -2.59. The molecule has 1 fully saturated rings. The van der Waals surface area contributed by atoms with Crippen LogP contribution in [0, 0.1) is 0 Å². The maximum atomic E-state index is 13.6. The largest absolute Gasteiger partial charge is 0.462 e. The number of hydrogen-bond donors (Lipinski definition) is 5. The van der Waals surface area contributed by atoms with Crippen LogP contribution >= 0.6 is 7.75 Å². The fourth-order valence-electron chi connectivity index (χ4n) is 3.60. The normalized spacial score (nSPS) is 30.6. The van der Waals surface area contributed by atoms with Crippen LogP contribution in [0.5, 0.6) is 5.75 Å². The highest BCUT2D eigenvalue weighted by molar-refractivity contribution is 7.52. The highest BCUT2D eigenvalue weighted by atomic mass is 31.2. The monoisotopic (exact) mass is 529 g/mol. The molecule has 13 nitrogen and oxygen atoms in total. The molecular formula is C22H32N3O10P. The first kappa shape index (κ1) is 28.1. The number of aliphatic hydroxyl groups excluding tert-OH is 2. The van der Waals surface area contributed by atoms with Gasteiger partial charge < -0.3 is 39.5 Å². The number of esters is 1. The molecule has 36 heavy (non-hydrogen) atoms. The standard InChI is InChI=1S/C22H32N3O10P/c1-13(2)33-19(28)14(3)24-36(31,35-15-8-6-5-7-9-15)32-12-16-18(27)22(4,30)20(34-16)25-11-10-17(26)23-21(25)29/h5-11,13-14,16,18,20-21,27,29-30H,12H2,1-4H3,(H,23,26)(H,24,31)/t14-,16+,18+,20+,21?,22?,36?/m0/s1. The van der Waals surface area contributed by atoms with Gasteiger partial charge in [0.15, 0.2) is 6.23 Å². The molecule has 0 aromatic heterocycles. The zero-order valence-corrected chi connectivity index (χ0v) is 21.2. The van der Waals surface area contributed by atoms with Gasteiger partial charge in [0, 0.05) is 12.3 Å². The van der Waals surface area contributed by atoms with Crippen molar-refractivity contribution in [1.82, 2.24) is 15.3 Å². The summed E-state index contributed by atoms with van der Waals surface area (Å²) < 4.78 is 35.6. The Labute approximate surface area is 208 Å². The lowest BCUT2D eigenvalue weighted by molar-refractivity contribution is -0.173. The molecule has 7 atom stereocenters. The fourth-order valence-corrected chi connectivity index (χ4v) is 5.10. The van der Waals surface area contributed by atoms with Gasteiger partial charge in [-0.1, -0.05) is 18.2 Å². The summed E-state index contributed by atoms with van der Waals surface area (Å²) in [6, 6.07) is 7.02. The van der Waals surface area contributed by atoms with Gasteiger partial charge in [-0.2, -0.15) is 5.09 Å². The number of rotatable bonds is 10. The van der Waals surface area contributed by atoms with Gasteiger partial charge in [0.25, 0.3) is 0 Å². The second-order valence-electron chi connectivity index (χ2n) is 8.88. The molecule has 0 spiro atoms. The van der Waals surface area contributed by atoms with Crippen LogP contribution in [-0.4, -0.2) is 81.2 Å². The van der Waals surface area contributed by atoms with Crippen molar-refractivity contribution in [3.63, 3.8) is 0 Å². The minimum absolute atomic E-state index is 0.188. The van der Waals surface area contributed by atoms with Gasteiger partial charge in [0.1, 0.15) is 29.6 Å². The van der Waals surface area contributed by atoms with Gasteiger partial charge in [-0.3, -0.25) is 14.1 Å². The van der Waals surface area contributed by atoms with Crippen molar-refractivity contribution < 1.29 is 48.0 Å². The van der Waals surface area contributed by atoms with E-state index in [1.807, 2.05) is 0 Å². The molecule has 2 aliphatic rings. The average molecular weight is 529 g/mol. The molecular weight excluding hydrogens is 497 g/mol. The highest BCUT2D eigenvalue weighted by Crippen LogP contribution is 2.46. The number of amides is 1. The van der Waals surface area contributed by atoms with Crippen LogP contribution in [0.4, 0.5) is 0 Å². The Kier molecular flexibility index (Phi) is 8.78. The third-order valence-electron chi connectivity index (χ3n) is 5.41. The SMILES string of the molecule is CC(C)OC(=O)[C@H](C)NP(=O)(OC[C@H]1O[C@@H](N2C=CC(=O)NC2O)C(C)(O)[C@@H]1O)Oc1ccccc1. The molecule has 1 aromatic rings. The van der Waals surface area contributed by atoms with Gasteiger partial charge in [-0.15, -0.1) is 0 Å². The molecule has 3 unspecified atom stereocenters. The summed E-state index contributed by atoms with van der Waals surface area (Å²) in [5, 5.41) is 36.5. The van der Waals surface area contributed by atoms with Gasteiger partial charge in [0.2, 0.25) is 12.3 Å². The Balaban J connectivity index is 1.75. The summed E-state index contributed by atoms with van der Waals surface area (Å²) in [5.41, 5.74) is -1.92. The summed E-state index contributed by atoms with van der Waals surface area (Å²) in [7, 11) is -4.25. The Morgan fingerprint density at radius 3 is 2.56 bits per heavy atom. The van der Waals surface area contributed by atoms with Crippen LogP contribution in [0.2, 0.25) is 0 Å². The predicted molar refractivity (Wildman–Crippen MR) is 125 cm³/mol. The first-order valence-corrected chi connectivity index (χ1v) is 12.8. The Morgan fingerprint density at radius 2 is 1.94 bits per heavy atom. The van der Waals surface area contributed by atoms with Crippen molar-refractivity contribution in [2.45, 2.75) is 70.2 Å². The average Bonchev–Trinajstić information content (AvgIpc) is 3.01. The summed E-state index contributed by atoms with van der Waals surface area (Å²) in [4.78, 5) is 24.8. The summed E-state index contributed by atoms with van der Waals surface area (Å²) in [6.45, 7) is 5.51. The number of para-hydroxylation sites is 1. The van der Waals surface area contributed by atoms with Crippen molar-refractivity contribution in [2.75, 3.05) is 6.61 Å². The smallest absolute Gasteiger partial charge is 0.459 e. The third-order valence-corrected chi connectivity index (χ3v) is 7.06.